The summed E-state index contributed by atoms with van der Waals surface area (Å²) in [5.41, 5.74) is 0.926. The molecule has 4 nitrogen and oxygen atoms in total. The number of anilines is 1. The van der Waals surface area contributed by atoms with E-state index in [1.54, 1.807) is 24.3 Å². The molecular formula is C16H12N2O2. The van der Waals surface area contributed by atoms with Crippen LogP contribution < -0.4 is 15.6 Å². The van der Waals surface area contributed by atoms with Gasteiger partial charge in [0.05, 0.1) is 16.6 Å². The van der Waals surface area contributed by atoms with E-state index in [0.29, 0.717) is 16.6 Å². The molecule has 2 aromatic rings. The van der Waals surface area contributed by atoms with Crippen LogP contribution in [0.15, 0.2) is 71.4 Å². The lowest BCUT2D eigenvalue weighted by atomic mass is 10.1. The summed E-state index contributed by atoms with van der Waals surface area (Å²) in [5.74, 6) is -0.362. The fourth-order valence-electron chi connectivity index (χ4n) is 1.99. The molecule has 1 amide bonds. The number of fused-ring (bicyclic) bond motifs is 1. The first-order valence-electron chi connectivity index (χ1n) is 6.19. The van der Waals surface area contributed by atoms with Crippen LogP contribution in [0.4, 0.5) is 5.69 Å². The predicted octanol–water partition coefficient (Wildman–Crippen LogP) is 1.41. The summed E-state index contributed by atoms with van der Waals surface area (Å²) in [4.78, 5) is 15.9. The van der Waals surface area contributed by atoms with Crippen LogP contribution in [0.25, 0.3) is 6.08 Å². The molecule has 0 fully saturated rings. The van der Waals surface area contributed by atoms with Gasteiger partial charge in [-0.15, -0.1) is 0 Å². The van der Waals surface area contributed by atoms with Crippen LogP contribution in [-0.2, 0) is 4.79 Å². The van der Waals surface area contributed by atoms with Crippen LogP contribution >= 0.6 is 0 Å². The first-order chi connectivity index (χ1) is 9.74. The second-order valence-electron chi connectivity index (χ2n) is 4.38. The topological polar surface area (TPSA) is 52.9 Å². The maximum atomic E-state index is 11.9. The first kappa shape index (κ1) is 12.3. The number of amides is 1. The highest BCUT2D eigenvalue weighted by atomic mass is 16.5. The zero-order valence-corrected chi connectivity index (χ0v) is 10.6. The van der Waals surface area contributed by atoms with Gasteiger partial charge in [-0.3, -0.25) is 10.0 Å². The molecule has 1 aliphatic rings. The normalized spacial score (nSPS) is 15.2. The molecule has 20 heavy (non-hydrogen) atoms. The predicted molar refractivity (Wildman–Crippen MR) is 75.5 cm³/mol. The highest BCUT2D eigenvalue weighted by molar-refractivity contribution is 6.03. The van der Waals surface area contributed by atoms with Crippen molar-refractivity contribution in [3.63, 3.8) is 0 Å². The summed E-state index contributed by atoms with van der Waals surface area (Å²) >= 11 is 0. The Balaban J connectivity index is 2.01. The molecule has 0 saturated carbocycles. The monoisotopic (exact) mass is 264 g/mol. The Bertz CT molecular complexity index is 795. The summed E-state index contributed by atoms with van der Waals surface area (Å²) < 4.78 is 0. The highest BCUT2D eigenvalue weighted by Crippen LogP contribution is 2.13. The zero-order valence-electron chi connectivity index (χ0n) is 10.6. The zero-order chi connectivity index (χ0) is 13.9. The molecule has 98 valence electrons. The minimum Gasteiger partial charge on any atom is -0.284 e. The molecule has 1 N–H and O–H groups in total. The Hall–Kier alpha value is -2.72. The quantitative estimate of drug-likeness (QED) is 0.659. The van der Waals surface area contributed by atoms with E-state index in [-0.39, 0.29) is 5.91 Å². The summed E-state index contributed by atoms with van der Waals surface area (Å²) in [6.07, 6.45) is 3.09. The number of carbonyl (C=O) groups is 1. The second-order valence-corrected chi connectivity index (χ2v) is 4.38. The maximum absolute atomic E-state index is 11.9. The fraction of sp³-hybridized carbons (Fsp3) is 0. The molecule has 0 spiro atoms. The van der Waals surface area contributed by atoms with Crippen LogP contribution in [0, 0.1) is 0 Å². The van der Waals surface area contributed by atoms with E-state index in [4.69, 9.17) is 0 Å². The summed E-state index contributed by atoms with van der Waals surface area (Å²) in [7, 11) is 0. The van der Waals surface area contributed by atoms with E-state index in [9.17, 15) is 10.0 Å². The Morgan fingerprint density at radius 3 is 2.50 bits per heavy atom. The maximum Gasteiger partial charge on any atom is 0.279 e. The lowest BCUT2D eigenvalue weighted by Crippen LogP contribution is -2.30. The van der Waals surface area contributed by atoms with Crippen LogP contribution in [0.5, 0.6) is 0 Å². The van der Waals surface area contributed by atoms with Crippen molar-refractivity contribution in [2.24, 2.45) is 4.99 Å². The van der Waals surface area contributed by atoms with E-state index in [1.807, 2.05) is 36.4 Å². The number of hydrogen-bond acceptors (Lipinski definition) is 3. The van der Waals surface area contributed by atoms with Crippen LogP contribution in [0.3, 0.4) is 0 Å². The van der Waals surface area contributed by atoms with E-state index in [2.05, 4.69) is 4.99 Å². The van der Waals surface area contributed by atoms with Crippen molar-refractivity contribution in [2.75, 3.05) is 5.06 Å². The third-order valence-corrected chi connectivity index (χ3v) is 3.00. The van der Waals surface area contributed by atoms with Gasteiger partial charge in [-0.2, -0.15) is 0 Å². The molecule has 4 heteroatoms. The van der Waals surface area contributed by atoms with Crippen LogP contribution in [0.1, 0.15) is 0 Å². The van der Waals surface area contributed by atoms with Gasteiger partial charge in [-0.25, -0.2) is 10.1 Å². The third kappa shape index (κ3) is 2.37. The Morgan fingerprint density at radius 2 is 1.70 bits per heavy atom. The lowest BCUT2D eigenvalue weighted by molar-refractivity contribution is -0.114. The fourth-order valence-corrected chi connectivity index (χ4v) is 1.99. The number of para-hydroxylation sites is 2. The first-order valence-corrected chi connectivity index (χ1v) is 6.19. The Labute approximate surface area is 115 Å². The van der Waals surface area contributed by atoms with Gasteiger partial charge in [-0.1, -0.05) is 36.4 Å². The van der Waals surface area contributed by atoms with Crippen LogP contribution in [0.2, 0.25) is 0 Å². The minimum absolute atomic E-state index is 0.343. The molecule has 3 rings (SSSR count). The number of carbonyl (C=O) groups excluding carboxylic acids is 1. The largest absolute Gasteiger partial charge is 0.284 e. The molecule has 0 atom stereocenters. The number of hydroxylamine groups is 1. The Kier molecular flexibility index (Phi) is 3.15. The molecule has 2 aromatic carbocycles. The summed E-state index contributed by atoms with van der Waals surface area (Å²) in [5, 5.41) is 12.4. The SMILES string of the molecule is O=C1N=c2ccccc2=C/C1=C\N(O)c1ccccc1. The standard InChI is InChI=1S/C16H12N2O2/c19-16-13(10-12-6-4-5-9-15(12)17-16)11-18(20)14-7-2-1-3-8-14/h1-11,20H/b13-11+. The average molecular weight is 264 g/mol. The van der Waals surface area contributed by atoms with E-state index in [0.717, 1.165) is 10.3 Å². The highest BCUT2D eigenvalue weighted by Gasteiger charge is 2.11. The summed E-state index contributed by atoms with van der Waals surface area (Å²) in [6, 6.07) is 16.3. The smallest absolute Gasteiger partial charge is 0.279 e. The van der Waals surface area contributed by atoms with E-state index in [1.165, 1.54) is 6.20 Å². The van der Waals surface area contributed by atoms with Crippen molar-refractivity contribution in [1.29, 1.82) is 0 Å². The van der Waals surface area contributed by atoms with Gasteiger partial charge in [0.1, 0.15) is 0 Å². The number of benzene rings is 2. The van der Waals surface area contributed by atoms with E-state index >= 15 is 0 Å². The molecule has 0 aliphatic carbocycles. The van der Waals surface area contributed by atoms with Crippen molar-refractivity contribution in [1.82, 2.24) is 0 Å². The molecule has 0 saturated heterocycles. The molecular weight excluding hydrogens is 252 g/mol. The van der Waals surface area contributed by atoms with Crippen molar-refractivity contribution >= 4 is 17.7 Å². The molecule has 0 unspecified atom stereocenters. The van der Waals surface area contributed by atoms with Gasteiger partial charge >= 0.3 is 0 Å². The number of rotatable bonds is 2. The van der Waals surface area contributed by atoms with Gasteiger partial charge in [0.15, 0.2) is 0 Å². The lowest BCUT2D eigenvalue weighted by Gasteiger charge is -2.13. The molecule has 1 aliphatic heterocycles. The molecule has 0 aromatic heterocycles. The van der Waals surface area contributed by atoms with Crippen molar-refractivity contribution in [3.05, 3.63) is 76.9 Å². The van der Waals surface area contributed by atoms with Gasteiger partial charge in [0.25, 0.3) is 5.91 Å². The second kappa shape index (κ2) is 5.11. The average Bonchev–Trinajstić information content (AvgIpc) is 2.49. The van der Waals surface area contributed by atoms with Gasteiger partial charge in [0.2, 0.25) is 0 Å². The number of nitrogens with zero attached hydrogens (tertiary/aromatic N) is 2. The van der Waals surface area contributed by atoms with Crippen molar-refractivity contribution in [2.45, 2.75) is 0 Å². The third-order valence-electron chi connectivity index (χ3n) is 3.00. The van der Waals surface area contributed by atoms with Gasteiger partial charge in [0, 0.05) is 11.4 Å². The number of hydrogen-bond donors (Lipinski definition) is 1. The summed E-state index contributed by atoms with van der Waals surface area (Å²) in [6.45, 7) is 0. The van der Waals surface area contributed by atoms with Crippen molar-refractivity contribution in [3.8, 4) is 0 Å². The molecule has 0 bridgehead atoms. The van der Waals surface area contributed by atoms with Gasteiger partial charge < -0.3 is 0 Å². The minimum atomic E-state index is -0.362. The van der Waals surface area contributed by atoms with Gasteiger partial charge in [-0.05, 0) is 24.3 Å². The van der Waals surface area contributed by atoms with Crippen molar-refractivity contribution < 1.29 is 10.0 Å². The Morgan fingerprint density at radius 1 is 1.00 bits per heavy atom. The van der Waals surface area contributed by atoms with E-state index < -0.39 is 0 Å². The van der Waals surface area contributed by atoms with Crippen LogP contribution in [-0.4, -0.2) is 11.1 Å². The molecule has 0 radical (unpaired) electrons. The molecule has 1 heterocycles.